The van der Waals surface area contributed by atoms with E-state index in [-0.39, 0.29) is 0 Å². The minimum atomic E-state index is -0.415. The minimum Gasteiger partial charge on any atom is -0.350 e. The molecule has 8 heteroatoms. The predicted molar refractivity (Wildman–Crippen MR) is 83.7 cm³/mol. The number of thioether (sulfide) groups is 5. The Morgan fingerprint density at radius 3 is 2.56 bits per heavy atom. The molecule has 0 bridgehead atoms. The molecule has 0 saturated carbocycles. The molecule has 0 fully saturated rings. The smallest absolute Gasteiger partial charge is 0.239 e. The van der Waals surface area contributed by atoms with Crippen molar-refractivity contribution in [2.75, 3.05) is 11.5 Å². The summed E-state index contributed by atoms with van der Waals surface area (Å²) in [6, 6.07) is 0. The average molecular weight is 323 g/mol. The largest absolute Gasteiger partial charge is 0.350 e. The Morgan fingerprint density at radius 1 is 1.06 bits per heavy atom. The lowest BCUT2D eigenvalue weighted by molar-refractivity contribution is 1.56. The second kappa shape index (κ2) is 5.22. The van der Waals surface area contributed by atoms with Gasteiger partial charge in [-0.2, -0.15) is 0 Å². The predicted octanol–water partition coefficient (Wildman–Crippen LogP) is 4.31. The van der Waals surface area contributed by atoms with E-state index in [4.69, 9.17) is 0 Å². The van der Waals surface area contributed by atoms with E-state index in [0.29, 0.717) is 0 Å². The highest BCUT2D eigenvalue weighted by molar-refractivity contribution is 8.39. The molecule has 0 aliphatic carbocycles. The molecule has 16 heavy (non-hydrogen) atoms. The molecule has 3 aliphatic rings. The van der Waals surface area contributed by atoms with Crippen LogP contribution in [0, 0.1) is 0 Å². The van der Waals surface area contributed by atoms with Gasteiger partial charge in [0.05, 0.1) is 8.47 Å². The maximum Gasteiger partial charge on any atom is 0.239 e. The molecule has 0 aromatic rings. The Labute approximate surface area is 118 Å². The first kappa shape index (κ1) is 11.9. The summed E-state index contributed by atoms with van der Waals surface area (Å²) < 4.78 is 8.74. The second-order valence-electron chi connectivity index (χ2n) is 2.82. The van der Waals surface area contributed by atoms with E-state index < -0.39 is 10.7 Å². The Morgan fingerprint density at radius 2 is 1.81 bits per heavy atom. The van der Waals surface area contributed by atoms with Gasteiger partial charge >= 0.3 is 0 Å². The van der Waals surface area contributed by atoms with Crippen LogP contribution in [0.1, 0.15) is 0 Å². The van der Waals surface area contributed by atoms with Crippen molar-refractivity contribution in [1.82, 2.24) is 4.16 Å². The molecule has 3 rings (SSSR count). The van der Waals surface area contributed by atoms with E-state index in [1.54, 1.807) is 35.3 Å². The van der Waals surface area contributed by atoms with Crippen molar-refractivity contribution in [1.29, 1.82) is 0 Å². The Kier molecular flexibility index (Phi) is 3.88. The van der Waals surface area contributed by atoms with E-state index in [1.165, 1.54) is 22.7 Å². The van der Waals surface area contributed by atoms with Crippen LogP contribution in [0.3, 0.4) is 0 Å². The molecule has 3 aliphatic heterocycles. The summed E-state index contributed by atoms with van der Waals surface area (Å²) in [7, 11) is -0.415. The highest BCUT2D eigenvalue weighted by Gasteiger charge is 2.37. The molecule has 0 amide bonds. The van der Waals surface area contributed by atoms with Crippen LogP contribution in [0.15, 0.2) is 27.8 Å². The molecule has 1 unspecified atom stereocenters. The summed E-state index contributed by atoms with van der Waals surface area (Å²) in [4.78, 5) is 0. The lowest BCUT2D eigenvalue weighted by Crippen LogP contribution is -1.96. The normalized spacial score (nSPS) is 28.6. The highest BCUT2D eigenvalue weighted by atomic mass is 32.3. The summed E-state index contributed by atoms with van der Waals surface area (Å²) >= 11 is 9.03. The summed E-state index contributed by atoms with van der Waals surface area (Å²) in [5.74, 6) is 2.30. The molecule has 84 valence electrons. The summed E-state index contributed by atoms with van der Waals surface area (Å²) in [6.07, 6.45) is 0. The average Bonchev–Trinajstić information content (AvgIpc) is 2.95. The van der Waals surface area contributed by atoms with Gasteiger partial charge in [0.2, 0.25) is 10.7 Å². The fraction of sp³-hybridized carbons (Fsp3) is 0.250. The van der Waals surface area contributed by atoms with E-state index in [2.05, 4.69) is 15.0 Å². The molecule has 2 nitrogen and oxygen atoms in total. The summed E-state index contributed by atoms with van der Waals surface area (Å²) in [5.41, 5.74) is 9.23. The van der Waals surface area contributed by atoms with Gasteiger partial charge in [0, 0.05) is 11.5 Å². The van der Waals surface area contributed by atoms with Crippen molar-refractivity contribution in [2.24, 2.45) is 0 Å². The summed E-state index contributed by atoms with van der Waals surface area (Å²) in [5, 5.41) is 4.17. The van der Waals surface area contributed by atoms with Crippen LogP contribution in [0.5, 0.6) is 0 Å². The third-order valence-electron chi connectivity index (χ3n) is 1.91. The summed E-state index contributed by atoms with van der Waals surface area (Å²) in [6.45, 7) is 0. The van der Waals surface area contributed by atoms with E-state index in [1.807, 2.05) is 23.5 Å². The van der Waals surface area contributed by atoms with Crippen LogP contribution in [0.4, 0.5) is 0 Å². The fourth-order valence-corrected chi connectivity index (χ4v) is 10.7. The number of nitrogens with zero attached hydrogens (tertiary/aromatic N) is 2. The number of hydrogen-bond acceptors (Lipinski definition) is 5. The molecule has 0 aromatic carbocycles. The molecule has 3 heterocycles. The second-order valence-corrected chi connectivity index (χ2v) is 10.5. The molecular formula is C8H6N2S6. The van der Waals surface area contributed by atoms with Gasteiger partial charge in [-0.1, -0.05) is 35.3 Å². The zero-order chi connectivity index (χ0) is 11.0. The van der Waals surface area contributed by atoms with E-state index >= 15 is 0 Å². The van der Waals surface area contributed by atoms with Crippen molar-refractivity contribution >= 4 is 69.5 Å². The van der Waals surface area contributed by atoms with Crippen LogP contribution in [-0.4, -0.2) is 11.5 Å². The maximum atomic E-state index is 9.23. The Balaban J connectivity index is 2.02. The lowest BCUT2D eigenvalue weighted by atomic mass is 11.0. The topological polar surface area (TPSA) is 36.4 Å². The number of rotatable bonds is 0. The lowest BCUT2D eigenvalue weighted by Gasteiger charge is -2.07. The Hall–Kier alpha value is 0.830. The van der Waals surface area contributed by atoms with Crippen molar-refractivity contribution in [3.8, 4) is 0 Å². The van der Waals surface area contributed by atoms with Gasteiger partial charge < -0.3 is 5.53 Å². The van der Waals surface area contributed by atoms with E-state index in [0.717, 1.165) is 5.75 Å². The highest BCUT2D eigenvalue weighted by Crippen LogP contribution is 2.57. The van der Waals surface area contributed by atoms with Gasteiger partial charge in [0.15, 0.2) is 0 Å². The van der Waals surface area contributed by atoms with Crippen LogP contribution in [0.2, 0.25) is 0 Å². The van der Waals surface area contributed by atoms with Gasteiger partial charge in [-0.25, -0.2) is 0 Å². The molecule has 0 aromatic heterocycles. The molecule has 0 radical (unpaired) electrons. The van der Waals surface area contributed by atoms with E-state index in [9.17, 15) is 5.53 Å². The SMILES string of the molecule is [N-]=[N+]=S1C2=C(SCCS2)SC1=C1SC=CS1. The van der Waals surface area contributed by atoms with Crippen molar-refractivity contribution in [3.05, 3.63) is 33.3 Å². The van der Waals surface area contributed by atoms with Gasteiger partial charge in [-0.15, -0.1) is 27.7 Å². The first-order valence-corrected chi connectivity index (χ1v) is 10.1. The third-order valence-corrected chi connectivity index (χ3v) is 11.3. The first-order chi connectivity index (χ1) is 7.90. The zero-order valence-electron chi connectivity index (χ0n) is 7.91. The minimum absolute atomic E-state index is 0.415. The Bertz CT molecular complexity index is 475. The molecule has 0 spiro atoms. The van der Waals surface area contributed by atoms with Crippen molar-refractivity contribution in [3.63, 3.8) is 0 Å². The third kappa shape index (κ3) is 2.09. The van der Waals surface area contributed by atoms with Gasteiger partial charge in [0.1, 0.15) is 8.47 Å². The van der Waals surface area contributed by atoms with Gasteiger partial charge in [-0.05, 0) is 10.8 Å². The molecule has 0 N–H and O–H groups in total. The van der Waals surface area contributed by atoms with Crippen LogP contribution < -0.4 is 4.16 Å². The standard InChI is InChI=1S/C8H6N2S6/c9-10-16-7-6(13-3-4-14-7)15-8(16)5-11-1-2-12-5/h1-2H,3-4H2. The maximum absolute atomic E-state index is 9.23. The van der Waals surface area contributed by atoms with Crippen molar-refractivity contribution in [2.45, 2.75) is 0 Å². The number of hydrogen-bond donors (Lipinski definition) is 0. The van der Waals surface area contributed by atoms with Crippen LogP contribution in [0.25, 0.3) is 5.53 Å². The van der Waals surface area contributed by atoms with Crippen molar-refractivity contribution < 1.29 is 0 Å². The monoisotopic (exact) mass is 322 g/mol. The molecular weight excluding hydrogens is 317 g/mol. The molecule has 1 atom stereocenters. The first-order valence-electron chi connectivity index (χ1n) is 4.40. The molecule has 0 saturated heterocycles. The van der Waals surface area contributed by atoms with Crippen LogP contribution >= 0.6 is 58.8 Å². The van der Waals surface area contributed by atoms with Crippen LogP contribution in [-0.2, 0) is 10.7 Å². The van der Waals surface area contributed by atoms with Gasteiger partial charge in [-0.3, -0.25) is 0 Å². The quantitative estimate of drug-likeness (QED) is 0.490. The van der Waals surface area contributed by atoms with Gasteiger partial charge in [0.25, 0.3) is 0 Å². The zero-order valence-corrected chi connectivity index (χ0v) is 12.8. The fourth-order valence-electron chi connectivity index (χ4n) is 1.30.